The number of alkyl halides is 2. The quantitative estimate of drug-likeness (QED) is 0.509. The molecule has 0 aliphatic heterocycles. The smallest absolute Gasteiger partial charge is 0.122 e. The van der Waals surface area contributed by atoms with Crippen molar-refractivity contribution in [1.82, 2.24) is 10.6 Å². The van der Waals surface area contributed by atoms with E-state index in [9.17, 15) is 0 Å². The lowest BCUT2D eigenvalue weighted by Gasteiger charge is -2.05. The van der Waals surface area contributed by atoms with Crippen molar-refractivity contribution in [2.45, 2.75) is 24.1 Å². The monoisotopic (exact) mass is 224 g/mol. The Kier molecular flexibility index (Phi) is 4.81. The molecule has 78 valence electrons. The maximum atomic E-state index is 5.88. The van der Waals surface area contributed by atoms with Crippen molar-refractivity contribution >= 4 is 23.2 Å². The van der Waals surface area contributed by atoms with E-state index in [0.717, 1.165) is 32.6 Å². The molecule has 1 rings (SSSR count). The number of hydrogen-bond donors (Lipinski definition) is 2. The minimum atomic E-state index is -0.427. The van der Waals surface area contributed by atoms with Crippen molar-refractivity contribution in [2.75, 3.05) is 26.2 Å². The molecular weight excluding hydrogens is 207 g/mol. The van der Waals surface area contributed by atoms with Gasteiger partial charge in [-0.25, -0.2) is 0 Å². The second-order valence-electron chi connectivity index (χ2n) is 3.62. The molecule has 0 aromatic carbocycles. The molecule has 1 fully saturated rings. The van der Waals surface area contributed by atoms with Gasteiger partial charge in [-0.3, -0.25) is 0 Å². The highest BCUT2D eigenvalue weighted by atomic mass is 35.5. The van der Waals surface area contributed by atoms with Crippen LogP contribution in [0.5, 0.6) is 0 Å². The SMILES string of the molecule is CCCNCCNCC1CC1(Cl)Cl. The fourth-order valence-corrected chi connectivity index (χ4v) is 1.77. The number of hydrogen-bond acceptors (Lipinski definition) is 2. The molecule has 0 heterocycles. The zero-order chi connectivity index (χ0) is 9.73. The van der Waals surface area contributed by atoms with Crippen LogP contribution in [0.4, 0.5) is 0 Å². The molecule has 1 aliphatic carbocycles. The summed E-state index contributed by atoms with van der Waals surface area (Å²) in [5.74, 6) is 0.460. The van der Waals surface area contributed by atoms with Gasteiger partial charge < -0.3 is 10.6 Å². The van der Waals surface area contributed by atoms with Crippen molar-refractivity contribution in [2.24, 2.45) is 5.92 Å². The molecule has 2 N–H and O–H groups in total. The van der Waals surface area contributed by atoms with Crippen LogP contribution in [-0.4, -0.2) is 30.5 Å². The van der Waals surface area contributed by atoms with Gasteiger partial charge in [0.05, 0.1) is 0 Å². The summed E-state index contributed by atoms with van der Waals surface area (Å²) >= 11 is 11.8. The third-order valence-electron chi connectivity index (χ3n) is 2.25. The first-order chi connectivity index (χ1) is 6.17. The minimum absolute atomic E-state index is 0.427. The molecule has 4 heteroatoms. The Hall–Kier alpha value is 0.500. The maximum absolute atomic E-state index is 5.88. The van der Waals surface area contributed by atoms with Crippen LogP contribution in [-0.2, 0) is 0 Å². The molecule has 1 atom stereocenters. The Morgan fingerprint density at radius 2 is 1.85 bits per heavy atom. The molecule has 0 amide bonds. The average molecular weight is 225 g/mol. The average Bonchev–Trinajstić information content (AvgIpc) is 2.67. The van der Waals surface area contributed by atoms with Gasteiger partial charge in [0, 0.05) is 25.6 Å². The molecule has 0 spiro atoms. The van der Waals surface area contributed by atoms with Gasteiger partial charge >= 0.3 is 0 Å². The van der Waals surface area contributed by atoms with Crippen LogP contribution in [0.2, 0.25) is 0 Å². The summed E-state index contributed by atoms with van der Waals surface area (Å²) < 4.78 is -0.427. The molecule has 0 aromatic rings. The normalized spacial score (nSPS) is 24.7. The third kappa shape index (κ3) is 4.50. The Morgan fingerprint density at radius 1 is 1.23 bits per heavy atom. The second-order valence-corrected chi connectivity index (χ2v) is 5.16. The highest BCUT2D eigenvalue weighted by Crippen LogP contribution is 2.52. The molecule has 0 saturated heterocycles. The molecule has 2 nitrogen and oxygen atoms in total. The predicted molar refractivity (Wildman–Crippen MR) is 58.6 cm³/mol. The van der Waals surface area contributed by atoms with Gasteiger partial charge in [0.2, 0.25) is 0 Å². The van der Waals surface area contributed by atoms with Gasteiger partial charge in [-0.2, -0.15) is 0 Å². The van der Waals surface area contributed by atoms with Gasteiger partial charge in [0.15, 0.2) is 0 Å². The molecule has 13 heavy (non-hydrogen) atoms. The zero-order valence-corrected chi connectivity index (χ0v) is 9.59. The van der Waals surface area contributed by atoms with Gasteiger partial charge in [-0.05, 0) is 19.4 Å². The molecule has 0 aromatic heterocycles. The van der Waals surface area contributed by atoms with Crippen molar-refractivity contribution in [3.05, 3.63) is 0 Å². The van der Waals surface area contributed by atoms with Crippen molar-refractivity contribution in [1.29, 1.82) is 0 Å². The Morgan fingerprint density at radius 3 is 2.38 bits per heavy atom. The Labute approximate surface area is 90.4 Å². The molecular formula is C9H18Cl2N2. The summed E-state index contributed by atoms with van der Waals surface area (Å²) in [6, 6.07) is 0. The van der Waals surface area contributed by atoms with E-state index in [1.54, 1.807) is 0 Å². The molecule has 1 aliphatic rings. The topological polar surface area (TPSA) is 24.1 Å². The number of halogens is 2. The van der Waals surface area contributed by atoms with E-state index < -0.39 is 4.33 Å². The number of rotatable bonds is 7. The maximum Gasteiger partial charge on any atom is 0.122 e. The van der Waals surface area contributed by atoms with E-state index in [-0.39, 0.29) is 0 Å². The molecule has 0 radical (unpaired) electrons. The van der Waals surface area contributed by atoms with E-state index in [0.29, 0.717) is 5.92 Å². The predicted octanol–water partition coefficient (Wildman–Crippen LogP) is 1.77. The number of nitrogens with one attached hydrogen (secondary N) is 2. The fraction of sp³-hybridized carbons (Fsp3) is 1.00. The first kappa shape index (κ1) is 11.6. The van der Waals surface area contributed by atoms with E-state index in [4.69, 9.17) is 23.2 Å². The zero-order valence-electron chi connectivity index (χ0n) is 8.08. The van der Waals surface area contributed by atoms with Gasteiger partial charge in [-0.1, -0.05) is 6.92 Å². The van der Waals surface area contributed by atoms with Gasteiger partial charge in [0.25, 0.3) is 0 Å². The van der Waals surface area contributed by atoms with Crippen molar-refractivity contribution in [3.63, 3.8) is 0 Å². The van der Waals surface area contributed by atoms with Crippen molar-refractivity contribution < 1.29 is 0 Å². The van der Waals surface area contributed by atoms with Crippen LogP contribution in [0.15, 0.2) is 0 Å². The molecule has 1 saturated carbocycles. The largest absolute Gasteiger partial charge is 0.315 e. The van der Waals surface area contributed by atoms with E-state index >= 15 is 0 Å². The second kappa shape index (κ2) is 5.40. The summed E-state index contributed by atoms with van der Waals surface area (Å²) in [6.45, 7) is 6.24. The van der Waals surface area contributed by atoms with E-state index in [1.165, 1.54) is 6.42 Å². The lowest BCUT2D eigenvalue weighted by Crippen LogP contribution is -2.29. The Bertz CT molecular complexity index is 151. The standard InChI is InChI=1S/C9H18Cl2N2/c1-2-3-12-4-5-13-7-8-6-9(8,10)11/h8,12-13H,2-7H2,1H3. The van der Waals surface area contributed by atoms with Crippen LogP contribution >= 0.6 is 23.2 Å². The summed E-state index contributed by atoms with van der Waals surface area (Å²) in [7, 11) is 0. The minimum Gasteiger partial charge on any atom is -0.315 e. The first-order valence-electron chi connectivity index (χ1n) is 4.96. The van der Waals surface area contributed by atoms with Crippen LogP contribution in [0, 0.1) is 5.92 Å². The van der Waals surface area contributed by atoms with Crippen molar-refractivity contribution in [3.8, 4) is 0 Å². The van der Waals surface area contributed by atoms with Crippen LogP contribution < -0.4 is 10.6 Å². The first-order valence-corrected chi connectivity index (χ1v) is 5.71. The summed E-state index contributed by atoms with van der Waals surface area (Å²) in [4.78, 5) is 0. The summed E-state index contributed by atoms with van der Waals surface area (Å²) in [5.41, 5.74) is 0. The summed E-state index contributed by atoms with van der Waals surface area (Å²) in [6.07, 6.45) is 2.13. The van der Waals surface area contributed by atoms with E-state index in [2.05, 4.69) is 17.6 Å². The molecule has 0 bridgehead atoms. The molecule has 1 unspecified atom stereocenters. The fourth-order valence-electron chi connectivity index (χ4n) is 1.25. The lowest BCUT2D eigenvalue weighted by atomic mass is 10.4. The third-order valence-corrected chi connectivity index (χ3v) is 3.18. The van der Waals surface area contributed by atoms with Crippen LogP contribution in [0.3, 0.4) is 0 Å². The van der Waals surface area contributed by atoms with Crippen LogP contribution in [0.1, 0.15) is 19.8 Å². The highest BCUT2D eigenvalue weighted by Gasteiger charge is 2.50. The Balaban J connectivity index is 1.80. The van der Waals surface area contributed by atoms with Crippen LogP contribution in [0.25, 0.3) is 0 Å². The van der Waals surface area contributed by atoms with Gasteiger partial charge in [0.1, 0.15) is 4.33 Å². The van der Waals surface area contributed by atoms with E-state index in [1.807, 2.05) is 0 Å². The highest BCUT2D eigenvalue weighted by molar-refractivity contribution is 6.50. The van der Waals surface area contributed by atoms with Gasteiger partial charge in [-0.15, -0.1) is 23.2 Å². The lowest BCUT2D eigenvalue weighted by molar-refractivity contribution is 0.585. The summed E-state index contributed by atoms with van der Waals surface area (Å²) in [5, 5.41) is 6.65.